The van der Waals surface area contributed by atoms with E-state index in [1.807, 2.05) is 12.1 Å². The minimum Gasteiger partial charge on any atom is -0.493 e. The van der Waals surface area contributed by atoms with Crippen LogP contribution in [0.1, 0.15) is 16.1 Å². The number of hydrogen-bond acceptors (Lipinski definition) is 6. The molecule has 0 saturated carbocycles. The van der Waals surface area contributed by atoms with E-state index in [9.17, 15) is 4.79 Å². The Kier molecular flexibility index (Phi) is 3.45. The summed E-state index contributed by atoms with van der Waals surface area (Å²) in [5.41, 5.74) is 23.9. The van der Waals surface area contributed by atoms with Crippen molar-refractivity contribution in [3.63, 3.8) is 0 Å². The van der Waals surface area contributed by atoms with Gasteiger partial charge >= 0.3 is 5.91 Å². The fourth-order valence-corrected chi connectivity index (χ4v) is 2.34. The first-order chi connectivity index (χ1) is 11.0. The Hall–Kier alpha value is -3.36. The first-order valence-corrected chi connectivity index (χ1v) is 6.78. The van der Waals surface area contributed by atoms with Gasteiger partial charge in [0.25, 0.3) is 0 Å². The second-order valence-electron chi connectivity index (χ2n) is 4.95. The normalized spacial score (nSPS) is 12.3. The second kappa shape index (κ2) is 5.44. The van der Waals surface area contributed by atoms with Crippen molar-refractivity contribution in [1.29, 1.82) is 0 Å². The average molecular weight is 313 g/mol. The number of carbonyl (C=O) groups excluding carboxylic acids is 1. The summed E-state index contributed by atoms with van der Waals surface area (Å²) in [6.07, 6.45) is 0.797. The summed E-state index contributed by atoms with van der Waals surface area (Å²) in [4.78, 5) is 23.5. The topological polar surface area (TPSA) is 169 Å². The van der Waals surface area contributed by atoms with Crippen molar-refractivity contribution in [2.75, 3.05) is 18.1 Å². The Balaban J connectivity index is 2.09. The zero-order valence-electron chi connectivity index (χ0n) is 12.1. The number of fused-ring (bicyclic) bond motifs is 1. The van der Waals surface area contributed by atoms with Crippen molar-refractivity contribution in [2.24, 2.45) is 16.5 Å². The highest BCUT2D eigenvalue weighted by Crippen LogP contribution is 2.32. The van der Waals surface area contributed by atoms with E-state index in [2.05, 4.69) is 15.0 Å². The van der Waals surface area contributed by atoms with Gasteiger partial charge in [0.15, 0.2) is 23.3 Å². The standard InChI is InChI=1S/C14H15N7O2/c15-11-9(7-1-2-8-6(5-7)3-4-23-8)19-10(12(16)20-11)13(22)21-14(17)18/h1-2,5H,3-4H2,(H4,15,16,20)(H4,17,18,21,22). The minimum atomic E-state index is -0.777. The molecular weight excluding hydrogens is 298 g/mol. The number of ether oxygens (including phenoxy) is 1. The van der Waals surface area contributed by atoms with Crippen LogP contribution < -0.4 is 27.7 Å². The number of rotatable bonds is 2. The van der Waals surface area contributed by atoms with Gasteiger partial charge in [-0.1, -0.05) is 0 Å². The Morgan fingerprint density at radius 1 is 1.17 bits per heavy atom. The molecule has 23 heavy (non-hydrogen) atoms. The Morgan fingerprint density at radius 3 is 2.70 bits per heavy atom. The van der Waals surface area contributed by atoms with Crippen LogP contribution in [-0.2, 0) is 6.42 Å². The molecule has 1 aromatic heterocycles. The van der Waals surface area contributed by atoms with E-state index in [4.69, 9.17) is 27.7 Å². The molecule has 1 amide bonds. The lowest BCUT2D eigenvalue weighted by molar-refractivity contribution is 0.0999. The molecule has 118 valence electrons. The number of benzene rings is 1. The highest BCUT2D eigenvalue weighted by Gasteiger charge is 2.19. The summed E-state index contributed by atoms with van der Waals surface area (Å²) in [7, 11) is 0. The number of anilines is 2. The summed E-state index contributed by atoms with van der Waals surface area (Å²) in [5.74, 6) is -0.356. The molecule has 1 aliphatic heterocycles. The maximum absolute atomic E-state index is 12.0. The molecule has 3 rings (SSSR count). The second-order valence-corrected chi connectivity index (χ2v) is 4.95. The van der Waals surface area contributed by atoms with Crippen LogP contribution in [0.3, 0.4) is 0 Å². The van der Waals surface area contributed by atoms with Gasteiger partial charge in [0, 0.05) is 12.0 Å². The lowest BCUT2D eigenvalue weighted by atomic mass is 10.1. The van der Waals surface area contributed by atoms with Crippen LogP contribution in [0.25, 0.3) is 11.3 Å². The summed E-state index contributed by atoms with van der Waals surface area (Å²) in [6.45, 7) is 0.635. The number of amides is 1. The SMILES string of the molecule is NC(N)=NC(=O)c1nc(-c2ccc3c(c2)CCO3)c(N)nc1N. The number of nitrogen functional groups attached to an aromatic ring is 2. The van der Waals surface area contributed by atoms with Gasteiger partial charge in [0.05, 0.1) is 6.61 Å². The van der Waals surface area contributed by atoms with Gasteiger partial charge in [-0.3, -0.25) is 4.79 Å². The van der Waals surface area contributed by atoms with Crippen LogP contribution in [0.5, 0.6) is 5.75 Å². The zero-order valence-corrected chi connectivity index (χ0v) is 12.1. The fourth-order valence-electron chi connectivity index (χ4n) is 2.34. The molecule has 9 nitrogen and oxygen atoms in total. The fraction of sp³-hybridized carbons (Fsp3) is 0.143. The highest BCUT2D eigenvalue weighted by atomic mass is 16.5. The van der Waals surface area contributed by atoms with Crippen LogP contribution in [0, 0.1) is 0 Å². The quantitative estimate of drug-likeness (QED) is 0.431. The van der Waals surface area contributed by atoms with Crippen LogP contribution in [0.2, 0.25) is 0 Å². The molecule has 0 aliphatic carbocycles. The van der Waals surface area contributed by atoms with Crippen molar-refractivity contribution in [3.05, 3.63) is 29.5 Å². The van der Waals surface area contributed by atoms with Gasteiger partial charge in [0.2, 0.25) is 0 Å². The van der Waals surface area contributed by atoms with Crippen LogP contribution in [-0.4, -0.2) is 28.4 Å². The summed E-state index contributed by atoms with van der Waals surface area (Å²) in [5, 5.41) is 0. The molecule has 8 N–H and O–H groups in total. The van der Waals surface area contributed by atoms with Crippen molar-refractivity contribution < 1.29 is 9.53 Å². The molecule has 1 aliphatic rings. The van der Waals surface area contributed by atoms with Gasteiger partial charge in [0.1, 0.15) is 11.4 Å². The van der Waals surface area contributed by atoms with E-state index in [1.54, 1.807) is 6.07 Å². The molecule has 0 fully saturated rings. The van der Waals surface area contributed by atoms with E-state index in [-0.39, 0.29) is 23.3 Å². The number of hydrogen-bond donors (Lipinski definition) is 4. The molecular formula is C14H15N7O2. The van der Waals surface area contributed by atoms with Gasteiger partial charge in [-0.25, -0.2) is 9.97 Å². The molecule has 0 unspecified atom stereocenters. The monoisotopic (exact) mass is 313 g/mol. The minimum absolute atomic E-state index is 0.114. The Labute approximate surface area is 131 Å². The van der Waals surface area contributed by atoms with Crippen molar-refractivity contribution in [1.82, 2.24) is 9.97 Å². The van der Waals surface area contributed by atoms with E-state index < -0.39 is 5.91 Å². The van der Waals surface area contributed by atoms with Crippen LogP contribution in [0.4, 0.5) is 11.6 Å². The zero-order chi connectivity index (χ0) is 16.6. The molecule has 9 heteroatoms. The smallest absolute Gasteiger partial charge is 0.302 e. The largest absolute Gasteiger partial charge is 0.493 e. The maximum atomic E-state index is 12.0. The van der Waals surface area contributed by atoms with Crippen molar-refractivity contribution >= 4 is 23.5 Å². The number of nitrogens with two attached hydrogens (primary N) is 4. The summed E-state index contributed by atoms with van der Waals surface area (Å²) >= 11 is 0. The number of carbonyl (C=O) groups is 1. The predicted octanol–water partition coefficient (Wildman–Crippen LogP) is -0.344. The van der Waals surface area contributed by atoms with E-state index in [0.717, 1.165) is 17.7 Å². The number of nitrogens with zero attached hydrogens (tertiary/aromatic N) is 3. The first-order valence-electron chi connectivity index (χ1n) is 6.78. The maximum Gasteiger partial charge on any atom is 0.302 e. The Morgan fingerprint density at radius 2 is 1.96 bits per heavy atom. The van der Waals surface area contributed by atoms with E-state index >= 15 is 0 Å². The summed E-state index contributed by atoms with van der Waals surface area (Å²) in [6, 6.07) is 5.51. The molecule has 0 atom stereocenters. The van der Waals surface area contributed by atoms with Gasteiger partial charge in [-0.05, 0) is 23.8 Å². The lowest BCUT2D eigenvalue weighted by Gasteiger charge is -2.09. The van der Waals surface area contributed by atoms with Crippen LogP contribution in [0.15, 0.2) is 23.2 Å². The molecule has 0 saturated heterocycles. The highest BCUT2D eigenvalue weighted by molar-refractivity contribution is 6.03. The Bertz CT molecular complexity index is 828. The molecule has 2 heterocycles. The van der Waals surface area contributed by atoms with E-state index in [0.29, 0.717) is 17.9 Å². The van der Waals surface area contributed by atoms with Gasteiger partial charge in [-0.15, -0.1) is 0 Å². The summed E-state index contributed by atoms with van der Waals surface area (Å²) < 4.78 is 5.46. The van der Waals surface area contributed by atoms with Crippen LogP contribution >= 0.6 is 0 Å². The number of aliphatic imine (C=N–C) groups is 1. The average Bonchev–Trinajstić information content (AvgIpc) is 2.93. The number of guanidine groups is 1. The van der Waals surface area contributed by atoms with E-state index in [1.165, 1.54) is 0 Å². The molecule has 0 bridgehead atoms. The van der Waals surface area contributed by atoms with Crippen molar-refractivity contribution in [3.8, 4) is 17.0 Å². The molecule has 2 aromatic rings. The predicted molar refractivity (Wildman–Crippen MR) is 85.6 cm³/mol. The third-order valence-electron chi connectivity index (χ3n) is 3.35. The first kappa shape index (κ1) is 14.6. The molecule has 0 spiro atoms. The van der Waals surface area contributed by atoms with Crippen molar-refractivity contribution in [2.45, 2.75) is 6.42 Å². The molecule has 0 radical (unpaired) electrons. The third kappa shape index (κ3) is 2.71. The van der Waals surface area contributed by atoms with Gasteiger partial charge in [-0.2, -0.15) is 4.99 Å². The number of aromatic nitrogens is 2. The van der Waals surface area contributed by atoms with Gasteiger partial charge < -0.3 is 27.7 Å². The third-order valence-corrected chi connectivity index (χ3v) is 3.35. The molecule has 1 aromatic carbocycles. The lowest BCUT2D eigenvalue weighted by Crippen LogP contribution is -2.25.